The van der Waals surface area contributed by atoms with Crippen molar-refractivity contribution in [2.75, 3.05) is 0 Å². The average molecular weight is 238 g/mol. The molecular formula is C9H18O7. The lowest BCUT2D eigenvalue weighted by Gasteiger charge is -1.89. The van der Waals surface area contributed by atoms with Crippen molar-refractivity contribution in [1.29, 1.82) is 0 Å². The van der Waals surface area contributed by atoms with Gasteiger partial charge in [0.15, 0.2) is 0 Å². The van der Waals surface area contributed by atoms with Gasteiger partial charge in [-0.3, -0.25) is 9.59 Å². The summed E-state index contributed by atoms with van der Waals surface area (Å²) in [5, 5.41) is 31.1. The number of aliphatic hydroxyl groups excluding tert-OH is 1. The Hall–Kier alpha value is -1.63. The summed E-state index contributed by atoms with van der Waals surface area (Å²) >= 11 is 0. The summed E-state index contributed by atoms with van der Waals surface area (Å²) in [4.78, 5) is 28.0. The number of rotatable bonds is 3. The predicted molar refractivity (Wildman–Crippen MR) is 55.2 cm³/mol. The second kappa shape index (κ2) is 13.4. The van der Waals surface area contributed by atoms with Crippen LogP contribution in [0.1, 0.15) is 33.6 Å². The van der Waals surface area contributed by atoms with Crippen LogP contribution in [0.3, 0.4) is 0 Å². The van der Waals surface area contributed by atoms with E-state index >= 15 is 0 Å². The Morgan fingerprint density at radius 3 is 1.38 bits per heavy atom. The first-order valence-corrected chi connectivity index (χ1v) is 4.47. The molecule has 0 bridgehead atoms. The molecule has 1 atom stereocenters. The van der Waals surface area contributed by atoms with Crippen molar-refractivity contribution in [2.45, 2.75) is 39.7 Å². The molecule has 7 heteroatoms. The SMILES string of the molecule is CC(=O)O.CC(O)C(=O)O.CCCC(=O)O. The Morgan fingerprint density at radius 1 is 1.12 bits per heavy atom. The van der Waals surface area contributed by atoms with E-state index in [0.29, 0.717) is 6.42 Å². The third-order valence-corrected chi connectivity index (χ3v) is 0.821. The molecule has 0 aromatic rings. The van der Waals surface area contributed by atoms with Crippen LogP contribution >= 0.6 is 0 Å². The number of hydrogen-bond acceptors (Lipinski definition) is 4. The highest BCUT2D eigenvalue weighted by atomic mass is 16.4. The maximum absolute atomic E-state index is 9.60. The Kier molecular flexibility index (Phi) is 16.6. The molecule has 16 heavy (non-hydrogen) atoms. The molecule has 0 aliphatic rings. The summed E-state index contributed by atoms with van der Waals surface area (Å²) in [7, 11) is 0. The van der Waals surface area contributed by atoms with Crippen molar-refractivity contribution >= 4 is 17.9 Å². The van der Waals surface area contributed by atoms with E-state index in [1.165, 1.54) is 6.92 Å². The second-order valence-corrected chi connectivity index (χ2v) is 2.68. The Bertz CT molecular complexity index is 206. The summed E-state index contributed by atoms with van der Waals surface area (Å²) in [6, 6.07) is 0. The minimum atomic E-state index is -1.23. The maximum Gasteiger partial charge on any atom is 0.332 e. The van der Waals surface area contributed by atoms with Gasteiger partial charge in [0, 0.05) is 13.3 Å². The first-order valence-electron chi connectivity index (χ1n) is 4.47. The lowest BCUT2D eigenvalue weighted by atomic mass is 10.4. The monoisotopic (exact) mass is 238 g/mol. The Balaban J connectivity index is -0.000000162. The van der Waals surface area contributed by atoms with Crippen LogP contribution in [0.4, 0.5) is 0 Å². The lowest BCUT2D eigenvalue weighted by molar-refractivity contribution is -0.145. The number of carboxylic acids is 3. The molecule has 0 aliphatic heterocycles. The summed E-state index contributed by atoms with van der Waals surface area (Å²) in [5.74, 6) is -2.73. The molecule has 0 aromatic heterocycles. The Labute approximate surface area is 93.3 Å². The molecule has 96 valence electrons. The van der Waals surface area contributed by atoms with Gasteiger partial charge in [0.25, 0.3) is 5.97 Å². The standard InChI is InChI=1S/C4H8O2.C3H6O3.C2H4O2/c1-2-3-4(5)6;1-2(4)3(5)6;1-2(3)4/h2-3H2,1H3,(H,5,6);2,4H,1H3,(H,5,6);1H3,(H,3,4). The highest BCUT2D eigenvalue weighted by molar-refractivity contribution is 5.71. The van der Waals surface area contributed by atoms with Gasteiger partial charge in [-0.1, -0.05) is 6.92 Å². The number of aliphatic carboxylic acids is 3. The summed E-state index contributed by atoms with van der Waals surface area (Å²) < 4.78 is 0. The first kappa shape index (κ1) is 19.9. The minimum absolute atomic E-state index is 0.292. The molecule has 0 aliphatic carbocycles. The summed E-state index contributed by atoms with van der Waals surface area (Å²) in [6.45, 7) is 4.12. The molecule has 0 radical (unpaired) electrons. The fraction of sp³-hybridized carbons (Fsp3) is 0.667. The van der Waals surface area contributed by atoms with Crippen molar-refractivity contribution in [2.24, 2.45) is 0 Å². The second-order valence-electron chi connectivity index (χ2n) is 2.68. The first-order chi connectivity index (χ1) is 7.14. The van der Waals surface area contributed by atoms with Gasteiger partial charge < -0.3 is 20.4 Å². The third-order valence-electron chi connectivity index (χ3n) is 0.821. The third kappa shape index (κ3) is 55.5. The zero-order valence-electron chi connectivity index (χ0n) is 9.51. The summed E-state index contributed by atoms with van der Waals surface area (Å²) in [6.07, 6.45) is -0.208. The van der Waals surface area contributed by atoms with Crippen LogP contribution in [0, 0.1) is 0 Å². The molecule has 0 amide bonds. The van der Waals surface area contributed by atoms with Crippen molar-refractivity contribution in [3.05, 3.63) is 0 Å². The quantitative estimate of drug-likeness (QED) is 0.559. The van der Waals surface area contributed by atoms with Crippen LogP contribution in [-0.4, -0.2) is 44.4 Å². The van der Waals surface area contributed by atoms with Crippen molar-refractivity contribution in [1.82, 2.24) is 0 Å². The molecule has 4 N–H and O–H groups in total. The molecule has 0 saturated heterocycles. The molecule has 1 unspecified atom stereocenters. The fourth-order valence-corrected chi connectivity index (χ4v) is 0.214. The number of carboxylic acid groups (broad SMARTS) is 3. The molecule has 0 aromatic carbocycles. The fourth-order valence-electron chi connectivity index (χ4n) is 0.214. The van der Waals surface area contributed by atoms with Gasteiger partial charge in [0.2, 0.25) is 0 Å². The highest BCUT2D eigenvalue weighted by Gasteiger charge is 2.01. The molecule has 0 fully saturated rings. The van der Waals surface area contributed by atoms with Crippen molar-refractivity contribution in [3.63, 3.8) is 0 Å². The van der Waals surface area contributed by atoms with E-state index in [4.69, 9.17) is 25.2 Å². The topological polar surface area (TPSA) is 132 Å². The largest absolute Gasteiger partial charge is 0.481 e. The van der Waals surface area contributed by atoms with E-state index in [0.717, 1.165) is 13.3 Å². The normalized spacial score (nSPS) is 9.75. The van der Waals surface area contributed by atoms with Gasteiger partial charge in [-0.25, -0.2) is 4.79 Å². The van der Waals surface area contributed by atoms with Crippen molar-refractivity contribution < 1.29 is 34.8 Å². The minimum Gasteiger partial charge on any atom is -0.481 e. The van der Waals surface area contributed by atoms with Gasteiger partial charge in [-0.05, 0) is 13.3 Å². The van der Waals surface area contributed by atoms with E-state index in [1.54, 1.807) is 0 Å². The van der Waals surface area contributed by atoms with Crippen LogP contribution in [0.25, 0.3) is 0 Å². The molecule has 0 rings (SSSR count). The van der Waals surface area contributed by atoms with Crippen molar-refractivity contribution in [3.8, 4) is 0 Å². The van der Waals surface area contributed by atoms with Gasteiger partial charge in [-0.15, -0.1) is 0 Å². The maximum atomic E-state index is 9.60. The number of hydrogen-bond donors (Lipinski definition) is 4. The molecular weight excluding hydrogens is 220 g/mol. The van der Waals surface area contributed by atoms with Gasteiger partial charge in [0.05, 0.1) is 0 Å². The average Bonchev–Trinajstić information content (AvgIpc) is 2.03. The number of carbonyl (C=O) groups is 3. The Morgan fingerprint density at radius 2 is 1.38 bits per heavy atom. The van der Waals surface area contributed by atoms with Crippen LogP contribution in [0.15, 0.2) is 0 Å². The smallest absolute Gasteiger partial charge is 0.332 e. The number of aliphatic hydroxyl groups is 1. The molecule has 0 spiro atoms. The van der Waals surface area contributed by atoms with Gasteiger partial charge in [0.1, 0.15) is 6.10 Å². The van der Waals surface area contributed by atoms with Gasteiger partial charge in [-0.2, -0.15) is 0 Å². The van der Waals surface area contributed by atoms with Crippen LogP contribution in [-0.2, 0) is 14.4 Å². The van der Waals surface area contributed by atoms with Gasteiger partial charge >= 0.3 is 11.9 Å². The van der Waals surface area contributed by atoms with Crippen LogP contribution in [0.5, 0.6) is 0 Å². The van der Waals surface area contributed by atoms with E-state index < -0.39 is 24.0 Å². The molecule has 0 saturated carbocycles. The van der Waals surface area contributed by atoms with Crippen LogP contribution < -0.4 is 0 Å². The van der Waals surface area contributed by atoms with E-state index in [9.17, 15) is 9.59 Å². The highest BCUT2D eigenvalue weighted by Crippen LogP contribution is 1.82. The van der Waals surface area contributed by atoms with E-state index in [1.807, 2.05) is 6.92 Å². The van der Waals surface area contributed by atoms with E-state index in [2.05, 4.69) is 0 Å². The van der Waals surface area contributed by atoms with Crippen LogP contribution in [0.2, 0.25) is 0 Å². The molecule has 0 heterocycles. The zero-order chi connectivity index (χ0) is 13.7. The molecule has 7 nitrogen and oxygen atoms in total. The summed E-state index contributed by atoms with van der Waals surface area (Å²) in [5.41, 5.74) is 0. The lowest BCUT2D eigenvalue weighted by Crippen LogP contribution is -2.13. The predicted octanol–water partition coefficient (Wildman–Crippen LogP) is 0.414. The zero-order valence-corrected chi connectivity index (χ0v) is 9.51. The van der Waals surface area contributed by atoms with E-state index in [-0.39, 0.29) is 0 Å².